The Morgan fingerprint density at radius 2 is 1.07 bits per heavy atom. The quantitative estimate of drug-likeness (QED) is 0.456. The maximum absolute atomic E-state index is 3.46. The van der Waals surface area contributed by atoms with Crippen LogP contribution in [0.3, 0.4) is 0 Å². The summed E-state index contributed by atoms with van der Waals surface area (Å²) in [6.07, 6.45) is 3.77. The molecule has 1 fully saturated rings. The van der Waals surface area contributed by atoms with Crippen molar-refractivity contribution in [3.63, 3.8) is 0 Å². The molecule has 1 aliphatic heterocycles. The third-order valence-electron chi connectivity index (χ3n) is 6.02. The van der Waals surface area contributed by atoms with Gasteiger partial charge in [0, 0.05) is 26.2 Å². The molecule has 0 bridgehead atoms. The van der Waals surface area contributed by atoms with Crippen LogP contribution in [-0.4, -0.2) is 43.8 Å². The molecule has 1 N–H and O–H groups in total. The zero-order valence-electron chi connectivity index (χ0n) is 17.2. The van der Waals surface area contributed by atoms with Crippen molar-refractivity contribution < 1.29 is 0 Å². The fourth-order valence-electron chi connectivity index (χ4n) is 4.50. The lowest BCUT2D eigenvalue weighted by molar-refractivity contribution is 0.238. The van der Waals surface area contributed by atoms with Crippen LogP contribution in [0.25, 0.3) is 0 Å². The van der Waals surface area contributed by atoms with Crippen molar-refractivity contribution in [1.29, 1.82) is 0 Å². The van der Waals surface area contributed by atoms with E-state index < -0.39 is 7.26 Å². The zero-order chi connectivity index (χ0) is 19.8. The van der Waals surface area contributed by atoms with Crippen LogP contribution in [0.2, 0.25) is 0 Å². The molecule has 0 unspecified atom stereocenters. The summed E-state index contributed by atoms with van der Waals surface area (Å²) in [5.74, 6) is 0. The fraction of sp³-hybridized carbons (Fsp3) is 0.308. The Kier molecular flexibility index (Phi) is 7.11. The maximum Gasteiger partial charge on any atom is 0.112 e. The first-order chi connectivity index (χ1) is 14.4. The lowest BCUT2D eigenvalue weighted by Crippen LogP contribution is -2.43. The average Bonchev–Trinajstić information content (AvgIpc) is 2.82. The molecule has 0 aliphatic carbocycles. The summed E-state index contributed by atoms with van der Waals surface area (Å²) in [5.41, 5.74) is 0. The van der Waals surface area contributed by atoms with Gasteiger partial charge in [-0.3, -0.25) is 0 Å². The molecule has 4 rings (SSSR count). The first-order valence-corrected chi connectivity index (χ1v) is 12.8. The lowest BCUT2D eigenvalue weighted by atomic mass is 10.3. The van der Waals surface area contributed by atoms with Gasteiger partial charge in [0.1, 0.15) is 23.2 Å². The molecule has 1 heterocycles. The molecule has 3 aromatic rings. The number of hydrogen-bond donors (Lipinski definition) is 1. The van der Waals surface area contributed by atoms with Crippen LogP contribution in [0.15, 0.2) is 91.0 Å². The first kappa shape index (κ1) is 20.3. The summed E-state index contributed by atoms with van der Waals surface area (Å²) in [4.78, 5) is 2.62. The van der Waals surface area contributed by atoms with E-state index in [1.165, 1.54) is 54.6 Å². The van der Waals surface area contributed by atoms with Gasteiger partial charge in [-0.15, -0.1) is 0 Å². The number of nitrogens with one attached hydrogen (secondary N) is 1. The van der Waals surface area contributed by atoms with E-state index in [1.807, 2.05) is 0 Å². The number of benzene rings is 3. The minimum atomic E-state index is -1.65. The van der Waals surface area contributed by atoms with Crippen molar-refractivity contribution in [3.8, 4) is 0 Å². The average molecular weight is 404 g/mol. The molecule has 29 heavy (non-hydrogen) atoms. The number of piperazine rings is 1. The Labute approximate surface area is 176 Å². The molecule has 0 aromatic heterocycles. The van der Waals surface area contributed by atoms with Crippen LogP contribution in [0.1, 0.15) is 12.8 Å². The third kappa shape index (κ3) is 4.78. The minimum Gasteiger partial charge on any atom is -0.314 e. The van der Waals surface area contributed by atoms with Gasteiger partial charge in [0.15, 0.2) is 0 Å². The summed E-state index contributed by atoms with van der Waals surface area (Å²) in [6.45, 7) is 5.87. The number of hydrogen-bond acceptors (Lipinski definition) is 2. The zero-order valence-corrected chi connectivity index (χ0v) is 18.1. The van der Waals surface area contributed by atoms with E-state index in [-0.39, 0.29) is 0 Å². The SMILES string of the molecule is c1ccc([P+](CCCCN2CCNCC2)(c2ccccc2)c2ccccc2)cc1. The van der Waals surface area contributed by atoms with Crippen molar-refractivity contribution in [2.75, 3.05) is 38.9 Å². The van der Waals surface area contributed by atoms with E-state index in [0.717, 1.165) is 13.1 Å². The van der Waals surface area contributed by atoms with Crippen molar-refractivity contribution in [1.82, 2.24) is 10.2 Å². The highest BCUT2D eigenvalue weighted by Crippen LogP contribution is 2.55. The van der Waals surface area contributed by atoms with Crippen molar-refractivity contribution in [2.45, 2.75) is 12.8 Å². The molecule has 3 heteroatoms. The van der Waals surface area contributed by atoms with E-state index in [9.17, 15) is 0 Å². The van der Waals surface area contributed by atoms with Gasteiger partial charge in [0.2, 0.25) is 0 Å². The number of rotatable bonds is 8. The summed E-state index contributed by atoms with van der Waals surface area (Å²) >= 11 is 0. The molecule has 0 spiro atoms. The highest BCUT2D eigenvalue weighted by Gasteiger charge is 2.44. The minimum absolute atomic E-state index is 1.13. The molecule has 0 radical (unpaired) electrons. The molecule has 0 saturated carbocycles. The largest absolute Gasteiger partial charge is 0.314 e. The Balaban J connectivity index is 1.64. The smallest absolute Gasteiger partial charge is 0.112 e. The third-order valence-corrected chi connectivity index (χ3v) is 10.5. The second-order valence-electron chi connectivity index (χ2n) is 7.84. The highest BCUT2D eigenvalue weighted by atomic mass is 31.2. The van der Waals surface area contributed by atoms with Crippen LogP contribution in [0, 0.1) is 0 Å². The van der Waals surface area contributed by atoms with Gasteiger partial charge in [-0.2, -0.15) is 0 Å². The Morgan fingerprint density at radius 3 is 1.52 bits per heavy atom. The lowest BCUT2D eigenvalue weighted by Gasteiger charge is -2.29. The molecular weight excluding hydrogens is 371 g/mol. The maximum atomic E-state index is 3.46. The van der Waals surface area contributed by atoms with Gasteiger partial charge in [-0.25, -0.2) is 0 Å². The summed E-state index contributed by atoms with van der Waals surface area (Å²) < 4.78 is 0. The number of nitrogens with zero attached hydrogens (tertiary/aromatic N) is 1. The van der Waals surface area contributed by atoms with E-state index in [4.69, 9.17) is 0 Å². The Bertz CT molecular complexity index is 749. The predicted molar refractivity (Wildman–Crippen MR) is 129 cm³/mol. The van der Waals surface area contributed by atoms with Crippen LogP contribution < -0.4 is 21.2 Å². The van der Waals surface area contributed by atoms with E-state index in [2.05, 4.69) is 101 Å². The monoisotopic (exact) mass is 403 g/mol. The molecule has 2 nitrogen and oxygen atoms in total. The molecule has 150 valence electrons. The van der Waals surface area contributed by atoms with Crippen molar-refractivity contribution in [3.05, 3.63) is 91.0 Å². The van der Waals surface area contributed by atoms with Gasteiger partial charge < -0.3 is 10.2 Å². The Morgan fingerprint density at radius 1 is 0.621 bits per heavy atom. The summed E-state index contributed by atoms with van der Waals surface area (Å²) in [5, 5.41) is 7.96. The normalized spacial score (nSPS) is 15.3. The van der Waals surface area contributed by atoms with Crippen LogP contribution >= 0.6 is 7.26 Å². The number of unbranched alkanes of at least 4 members (excludes halogenated alkanes) is 1. The van der Waals surface area contributed by atoms with Crippen molar-refractivity contribution >= 4 is 23.2 Å². The van der Waals surface area contributed by atoms with E-state index in [1.54, 1.807) is 0 Å². The summed E-state index contributed by atoms with van der Waals surface area (Å²) in [7, 11) is -1.65. The van der Waals surface area contributed by atoms with Crippen LogP contribution in [0.5, 0.6) is 0 Å². The highest BCUT2D eigenvalue weighted by molar-refractivity contribution is 7.95. The standard InChI is InChI=1S/C26H32N2P/c1-4-12-24(13-5-1)29(25-14-6-2-7-15-25,26-16-8-3-9-17-26)23-11-10-20-28-21-18-27-19-22-28/h1-9,12-17,27H,10-11,18-23H2/q+1. The van der Waals surface area contributed by atoms with Gasteiger partial charge in [0.25, 0.3) is 0 Å². The second kappa shape index (κ2) is 10.2. The second-order valence-corrected chi connectivity index (χ2v) is 11.5. The molecule has 0 amide bonds. The van der Waals surface area contributed by atoms with Crippen molar-refractivity contribution in [2.24, 2.45) is 0 Å². The molecule has 3 aromatic carbocycles. The van der Waals surface area contributed by atoms with Crippen LogP contribution in [-0.2, 0) is 0 Å². The molecule has 1 aliphatic rings. The summed E-state index contributed by atoms with van der Waals surface area (Å²) in [6, 6.07) is 33.8. The molecule has 0 atom stereocenters. The predicted octanol–water partition coefficient (Wildman–Crippen LogP) is 3.67. The first-order valence-electron chi connectivity index (χ1n) is 10.9. The van der Waals surface area contributed by atoms with Gasteiger partial charge in [-0.05, 0) is 55.8 Å². The Hall–Kier alpha value is -1.99. The van der Waals surface area contributed by atoms with Crippen LogP contribution in [0.4, 0.5) is 0 Å². The van der Waals surface area contributed by atoms with Gasteiger partial charge >= 0.3 is 0 Å². The van der Waals surface area contributed by atoms with E-state index >= 15 is 0 Å². The molecular formula is C26H32N2P+. The van der Waals surface area contributed by atoms with Gasteiger partial charge in [0.05, 0.1) is 6.16 Å². The fourth-order valence-corrected chi connectivity index (χ4v) is 8.91. The van der Waals surface area contributed by atoms with E-state index in [0.29, 0.717) is 0 Å². The van der Waals surface area contributed by atoms with Gasteiger partial charge in [-0.1, -0.05) is 54.6 Å². The topological polar surface area (TPSA) is 15.3 Å². The molecule has 1 saturated heterocycles.